The van der Waals surface area contributed by atoms with Gasteiger partial charge in [-0.15, -0.1) is 0 Å². The molecule has 3 N–H and O–H groups in total. The highest BCUT2D eigenvalue weighted by atomic mass is 79.9. The molecule has 0 aromatic heterocycles. The summed E-state index contributed by atoms with van der Waals surface area (Å²) in [6, 6.07) is 3.53. The van der Waals surface area contributed by atoms with Crippen LogP contribution in [-0.4, -0.2) is 18.6 Å². The average molecular weight is 366 g/mol. The van der Waals surface area contributed by atoms with Crippen LogP contribution in [0.4, 0.5) is 11.4 Å². The Kier molecular flexibility index (Phi) is 4.57. The predicted molar refractivity (Wildman–Crippen MR) is 76.0 cm³/mol. The first-order valence-electron chi connectivity index (χ1n) is 4.89. The molecule has 0 spiro atoms. The third-order valence-electron chi connectivity index (χ3n) is 2.38. The maximum Gasteiger partial charge on any atom is 0.256 e. The summed E-state index contributed by atoms with van der Waals surface area (Å²) < 4.78 is 6.65. The molecule has 0 unspecified atom stereocenters. The summed E-state index contributed by atoms with van der Waals surface area (Å²) >= 11 is 6.67. The fourth-order valence-electron chi connectivity index (χ4n) is 1.08. The van der Waals surface area contributed by atoms with Crippen LogP contribution in [0.5, 0.6) is 0 Å². The molecule has 94 valence electrons. The van der Waals surface area contributed by atoms with Gasteiger partial charge in [0.25, 0.3) is 5.91 Å². The highest BCUT2D eigenvalue weighted by Crippen LogP contribution is 2.33. The van der Waals surface area contributed by atoms with E-state index in [1.807, 2.05) is 6.07 Å². The van der Waals surface area contributed by atoms with E-state index < -0.39 is 5.60 Å². The van der Waals surface area contributed by atoms with E-state index in [1.165, 1.54) is 7.11 Å². The van der Waals surface area contributed by atoms with Gasteiger partial charge in [0.05, 0.1) is 11.4 Å². The lowest BCUT2D eigenvalue weighted by Gasteiger charge is -2.22. The lowest BCUT2D eigenvalue weighted by molar-refractivity contribution is -0.133. The molecule has 0 aliphatic carbocycles. The van der Waals surface area contributed by atoms with E-state index in [4.69, 9.17) is 10.5 Å². The van der Waals surface area contributed by atoms with E-state index in [-0.39, 0.29) is 5.91 Å². The molecule has 0 saturated heterocycles. The maximum atomic E-state index is 11.9. The average Bonchev–Trinajstić information content (AvgIpc) is 2.22. The van der Waals surface area contributed by atoms with Crippen LogP contribution in [-0.2, 0) is 9.53 Å². The van der Waals surface area contributed by atoms with Crippen LogP contribution >= 0.6 is 31.9 Å². The summed E-state index contributed by atoms with van der Waals surface area (Å²) in [7, 11) is 1.49. The summed E-state index contributed by atoms with van der Waals surface area (Å²) in [5.41, 5.74) is 5.96. The van der Waals surface area contributed by atoms with Crippen molar-refractivity contribution < 1.29 is 9.53 Å². The molecule has 1 aromatic rings. The van der Waals surface area contributed by atoms with Gasteiger partial charge in [-0.2, -0.15) is 0 Å². The first kappa shape index (κ1) is 14.5. The van der Waals surface area contributed by atoms with Crippen LogP contribution in [0, 0.1) is 0 Å². The van der Waals surface area contributed by atoms with E-state index in [2.05, 4.69) is 37.2 Å². The second kappa shape index (κ2) is 5.37. The van der Waals surface area contributed by atoms with Crippen LogP contribution < -0.4 is 11.1 Å². The molecule has 4 nitrogen and oxygen atoms in total. The molecule has 1 rings (SSSR count). The Morgan fingerprint density at radius 2 is 2.00 bits per heavy atom. The minimum absolute atomic E-state index is 0.255. The minimum atomic E-state index is -0.904. The molecular weight excluding hydrogens is 352 g/mol. The second-order valence-electron chi connectivity index (χ2n) is 4.02. The number of methoxy groups -OCH3 is 1. The first-order valence-corrected chi connectivity index (χ1v) is 6.47. The minimum Gasteiger partial charge on any atom is -0.397 e. The molecule has 6 heteroatoms. The zero-order valence-corrected chi connectivity index (χ0v) is 13.0. The van der Waals surface area contributed by atoms with E-state index in [0.717, 1.165) is 4.47 Å². The van der Waals surface area contributed by atoms with Crippen LogP contribution in [0.25, 0.3) is 0 Å². The summed E-state index contributed by atoms with van der Waals surface area (Å²) in [6.07, 6.45) is 0. The molecule has 0 atom stereocenters. The van der Waals surface area contributed by atoms with Gasteiger partial charge in [-0.05, 0) is 41.9 Å². The second-order valence-corrected chi connectivity index (χ2v) is 5.79. The Hall–Kier alpha value is -0.590. The molecular formula is C11H14Br2N2O2. The number of rotatable bonds is 3. The maximum absolute atomic E-state index is 11.9. The molecule has 1 amide bonds. The fourth-order valence-corrected chi connectivity index (χ4v) is 2.44. The van der Waals surface area contributed by atoms with Gasteiger partial charge in [-0.1, -0.05) is 15.9 Å². The number of nitrogen functional groups attached to an aromatic ring is 1. The van der Waals surface area contributed by atoms with E-state index in [1.54, 1.807) is 19.9 Å². The highest BCUT2D eigenvalue weighted by Gasteiger charge is 2.27. The van der Waals surface area contributed by atoms with Crippen molar-refractivity contribution in [3.8, 4) is 0 Å². The summed E-state index contributed by atoms with van der Waals surface area (Å²) in [4.78, 5) is 11.9. The molecule has 0 radical (unpaired) electrons. The molecule has 1 aromatic carbocycles. The monoisotopic (exact) mass is 364 g/mol. The van der Waals surface area contributed by atoms with Crippen molar-refractivity contribution in [2.45, 2.75) is 19.4 Å². The topological polar surface area (TPSA) is 64.3 Å². The van der Waals surface area contributed by atoms with Gasteiger partial charge < -0.3 is 15.8 Å². The number of nitrogens with two attached hydrogens (primary N) is 1. The molecule has 0 heterocycles. The fraction of sp³-hybridized carbons (Fsp3) is 0.364. The van der Waals surface area contributed by atoms with Gasteiger partial charge in [-0.25, -0.2) is 0 Å². The predicted octanol–water partition coefficient (Wildman–Crippen LogP) is 3.16. The smallest absolute Gasteiger partial charge is 0.256 e. The van der Waals surface area contributed by atoms with Gasteiger partial charge in [0.2, 0.25) is 0 Å². The number of halogens is 2. The van der Waals surface area contributed by atoms with Crippen molar-refractivity contribution >= 4 is 49.1 Å². The van der Waals surface area contributed by atoms with Gasteiger partial charge >= 0.3 is 0 Å². The van der Waals surface area contributed by atoms with Crippen LogP contribution in [0.2, 0.25) is 0 Å². The molecule has 0 aliphatic heterocycles. The number of nitrogens with one attached hydrogen (secondary N) is 1. The standard InChI is InChI=1S/C11H14Br2N2O2/c1-11(2,17-3)10(16)15-9-7(13)4-6(12)5-8(9)14/h4-5H,14H2,1-3H3,(H,15,16). The number of anilines is 2. The van der Waals surface area contributed by atoms with E-state index >= 15 is 0 Å². The molecule has 0 saturated carbocycles. The van der Waals surface area contributed by atoms with Crippen molar-refractivity contribution in [2.75, 3.05) is 18.2 Å². The Morgan fingerprint density at radius 1 is 1.41 bits per heavy atom. The zero-order chi connectivity index (χ0) is 13.2. The number of carbonyl (C=O) groups is 1. The van der Waals surface area contributed by atoms with Gasteiger partial charge in [0.15, 0.2) is 0 Å². The highest BCUT2D eigenvalue weighted by molar-refractivity contribution is 9.11. The Morgan fingerprint density at radius 3 is 2.47 bits per heavy atom. The lowest BCUT2D eigenvalue weighted by Crippen LogP contribution is -2.39. The third-order valence-corrected chi connectivity index (χ3v) is 3.46. The number of benzene rings is 1. The largest absolute Gasteiger partial charge is 0.397 e. The first-order chi connectivity index (χ1) is 7.77. The quantitative estimate of drug-likeness (QED) is 0.808. The number of ether oxygens (including phenoxy) is 1. The number of hydrogen-bond acceptors (Lipinski definition) is 3. The van der Waals surface area contributed by atoms with Gasteiger partial charge in [0.1, 0.15) is 5.60 Å². The van der Waals surface area contributed by atoms with Crippen LogP contribution in [0.1, 0.15) is 13.8 Å². The molecule has 0 aliphatic rings. The SMILES string of the molecule is COC(C)(C)C(=O)Nc1c(N)cc(Br)cc1Br. The van der Waals surface area contributed by atoms with Crippen molar-refractivity contribution in [3.63, 3.8) is 0 Å². The molecule has 17 heavy (non-hydrogen) atoms. The van der Waals surface area contributed by atoms with Crippen LogP contribution in [0.3, 0.4) is 0 Å². The molecule has 0 bridgehead atoms. The summed E-state index contributed by atoms with van der Waals surface area (Å²) in [6.45, 7) is 3.37. The number of hydrogen-bond donors (Lipinski definition) is 2. The normalized spacial score (nSPS) is 11.4. The van der Waals surface area contributed by atoms with Gasteiger partial charge in [0, 0.05) is 16.1 Å². The van der Waals surface area contributed by atoms with Crippen molar-refractivity contribution in [1.82, 2.24) is 0 Å². The van der Waals surface area contributed by atoms with Gasteiger partial charge in [-0.3, -0.25) is 4.79 Å². The van der Waals surface area contributed by atoms with E-state index in [0.29, 0.717) is 15.8 Å². The summed E-state index contributed by atoms with van der Waals surface area (Å²) in [5.74, 6) is -0.255. The van der Waals surface area contributed by atoms with Crippen LogP contribution in [0.15, 0.2) is 21.1 Å². The third kappa shape index (κ3) is 3.43. The van der Waals surface area contributed by atoms with Crippen molar-refractivity contribution in [1.29, 1.82) is 0 Å². The van der Waals surface area contributed by atoms with Crippen molar-refractivity contribution in [3.05, 3.63) is 21.1 Å². The number of carbonyl (C=O) groups excluding carboxylic acids is 1. The Labute approximate surface area is 117 Å². The molecule has 0 fully saturated rings. The Balaban J connectivity index is 3.01. The number of amides is 1. The van der Waals surface area contributed by atoms with E-state index in [9.17, 15) is 4.79 Å². The lowest BCUT2D eigenvalue weighted by atomic mass is 10.1. The Bertz CT molecular complexity index is 424. The summed E-state index contributed by atoms with van der Waals surface area (Å²) in [5, 5.41) is 2.74. The van der Waals surface area contributed by atoms with Crippen molar-refractivity contribution in [2.24, 2.45) is 0 Å². The zero-order valence-electron chi connectivity index (χ0n) is 9.80.